The van der Waals surface area contributed by atoms with E-state index in [4.69, 9.17) is 16.3 Å². The van der Waals surface area contributed by atoms with Crippen LogP contribution in [0.4, 0.5) is 0 Å². The normalized spacial score (nSPS) is 20.3. The number of benzene rings is 1. The molecule has 0 aliphatic carbocycles. The SMILES string of the molecule is C[C@H]1OCCN[C@@H]1C(=O)NCCNC(=O)c1ccc(Cl)cc1.Cl. The molecule has 2 amide bonds. The van der Waals surface area contributed by atoms with Crippen LogP contribution in [0.15, 0.2) is 24.3 Å². The largest absolute Gasteiger partial charge is 0.375 e. The van der Waals surface area contributed by atoms with Crippen LogP contribution in [0.2, 0.25) is 5.02 Å². The van der Waals surface area contributed by atoms with Crippen molar-refractivity contribution in [2.45, 2.75) is 19.1 Å². The van der Waals surface area contributed by atoms with Crippen molar-refractivity contribution in [3.8, 4) is 0 Å². The fraction of sp³-hybridized carbons (Fsp3) is 0.467. The van der Waals surface area contributed by atoms with Gasteiger partial charge < -0.3 is 20.7 Å². The zero-order valence-electron chi connectivity index (χ0n) is 12.8. The summed E-state index contributed by atoms with van der Waals surface area (Å²) in [6.07, 6.45) is -0.155. The van der Waals surface area contributed by atoms with Gasteiger partial charge in [0, 0.05) is 30.2 Å². The van der Waals surface area contributed by atoms with Gasteiger partial charge in [0.2, 0.25) is 5.91 Å². The van der Waals surface area contributed by atoms with Gasteiger partial charge in [-0.05, 0) is 31.2 Å². The van der Waals surface area contributed by atoms with Crippen molar-refractivity contribution in [1.29, 1.82) is 0 Å². The molecule has 1 heterocycles. The average Bonchev–Trinajstić information content (AvgIpc) is 2.52. The van der Waals surface area contributed by atoms with Crippen molar-refractivity contribution in [3.05, 3.63) is 34.9 Å². The van der Waals surface area contributed by atoms with Gasteiger partial charge in [-0.3, -0.25) is 9.59 Å². The number of hydrogen-bond donors (Lipinski definition) is 3. The van der Waals surface area contributed by atoms with Crippen molar-refractivity contribution in [1.82, 2.24) is 16.0 Å². The summed E-state index contributed by atoms with van der Waals surface area (Å²) in [5, 5.41) is 9.22. The second-order valence-electron chi connectivity index (χ2n) is 5.06. The van der Waals surface area contributed by atoms with E-state index in [9.17, 15) is 9.59 Å². The lowest BCUT2D eigenvalue weighted by Gasteiger charge is -2.29. The Morgan fingerprint density at radius 3 is 2.57 bits per heavy atom. The van der Waals surface area contributed by atoms with Crippen LogP contribution < -0.4 is 16.0 Å². The molecule has 0 unspecified atom stereocenters. The summed E-state index contributed by atoms with van der Waals surface area (Å²) in [4.78, 5) is 23.8. The van der Waals surface area contributed by atoms with E-state index in [1.807, 2.05) is 6.92 Å². The van der Waals surface area contributed by atoms with Gasteiger partial charge in [0.15, 0.2) is 0 Å². The molecule has 2 atom stereocenters. The standard InChI is InChI=1S/C15H20ClN3O3.ClH/c1-10-13(17-8-9-22-10)15(21)19-7-6-18-14(20)11-2-4-12(16)5-3-11;/h2-5,10,13,17H,6-9H2,1H3,(H,18,20)(H,19,21);1H/t10-,13+;/m1./s1. The summed E-state index contributed by atoms with van der Waals surface area (Å²) in [5.41, 5.74) is 0.534. The molecule has 0 saturated carbocycles. The van der Waals surface area contributed by atoms with Crippen LogP contribution in [0.5, 0.6) is 0 Å². The maximum Gasteiger partial charge on any atom is 0.251 e. The van der Waals surface area contributed by atoms with Gasteiger partial charge in [-0.1, -0.05) is 11.6 Å². The smallest absolute Gasteiger partial charge is 0.251 e. The molecule has 1 aromatic carbocycles. The highest BCUT2D eigenvalue weighted by molar-refractivity contribution is 6.30. The molecule has 1 aromatic rings. The highest BCUT2D eigenvalue weighted by atomic mass is 35.5. The van der Waals surface area contributed by atoms with Gasteiger partial charge in [0.05, 0.1) is 12.7 Å². The molecule has 1 aliphatic heterocycles. The highest BCUT2D eigenvalue weighted by Crippen LogP contribution is 2.09. The first kappa shape index (κ1) is 19.7. The number of halogens is 2. The van der Waals surface area contributed by atoms with Crippen LogP contribution in [0.3, 0.4) is 0 Å². The molecule has 0 bridgehead atoms. The van der Waals surface area contributed by atoms with E-state index >= 15 is 0 Å². The zero-order chi connectivity index (χ0) is 15.9. The molecule has 23 heavy (non-hydrogen) atoms. The minimum absolute atomic E-state index is 0. The van der Waals surface area contributed by atoms with Crippen LogP contribution in [0.25, 0.3) is 0 Å². The van der Waals surface area contributed by atoms with Gasteiger partial charge in [-0.2, -0.15) is 0 Å². The first-order chi connectivity index (χ1) is 10.6. The number of nitrogens with one attached hydrogen (secondary N) is 3. The van der Waals surface area contributed by atoms with Gasteiger partial charge in [0.25, 0.3) is 5.91 Å². The molecule has 0 aromatic heterocycles. The van der Waals surface area contributed by atoms with E-state index in [1.165, 1.54) is 0 Å². The topological polar surface area (TPSA) is 79.5 Å². The molecule has 2 rings (SSSR count). The highest BCUT2D eigenvalue weighted by Gasteiger charge is 2.27. The lowest BCUT2D eigenvalue weighted by molar-refractivity contribution is -0.128. The van der Waals surface area contributed by atoms with Gasteiger partial charge in [-0.25, -0.2) is 0 Å². The zero-order valence-corrected chi connectivity index (χ0v) is 14.4. The second kappa shape index (κ2) is 9.72. The van der Waals surface area contributed by atoms with Crippen LogP contribution in [0, 0.1) is 0 Å². The Balaban J connectivity index is 0.00000264. The van der Waals surface area contributed by atoms with Crippen molar-refractivity contribution >= 4 is 35.8 Å². The third-order valence-electron chi connectivity index (χ3n) is 3.42. The predicted molar refractivity (Wildman–Crippen MR) is 91.2 cm³/mol. The Hall–Kier alpha value is -1.34. The monoisotopic (exact) mass is 361 g/mol. The Bertz CT molecular complexity index is 525. The van der Waals surface area contributed by atoms with Crippen molar-refractivity contribution < 1.29 is 14.3 Å². The van der Waals surface area contributed by atoms with E-state index in [0.29, 0.717) is 36.8 Å². The van der Waals surface area contributed by atoms with Crippen LogP contribution in [0.1, 0.15) is 17.3 Å². The molecule has 1 saturated heterocycles. The molecule has 3 N–H and O–H groups in total. The molecular weight excluding hydrogens is 341 g/mol. The second-order valence-corrected chi connectivity index (χ2v) is 5.50. The first-order valence-corrected chi connectivity index (χ1v) is 7.62. The van der Waals surface area contributed by atoms with E-state index in [0.717, 1.165) is 0 Å². The molecular formula is C15H21Cl2N3O3. The van der Waals surface area contributed by atoms with Crippen LogP contribution >= 0.6 is 24.0 Å². The van der Waals surface area contributed by atoms with Crippen molar-refractivity contribution in [2.24, 2.45) is 0 Å². The first-order valence-electron chi connectivity index (χ1n) is 7.24. The molecule has 0 spiro atoms. The number of carbonyl (C=O) groups is 2. The number of carbonyl (C=O) groups excluding carboxylic acids is 2. The number of morpholine rings is 1. The fourth-order valence-electron chi connectivity index (χ4n) is 2.20. The summed E-state index contributed by atoms with van der Waals surface area (Å²) in [6.45, 7) is 3.86. The molecule has 6 nitrogen and oxygen atoms in total. The predicted octanol–water partition coefficient (Wildman–Crippen LogP) is 0.985. The number of amides is 2. The summed E-state index contributed by atoms with van der Waals surface area (Å²) in [7, 11) is 0. The van der Waals surface area contributed by atoms with Crippen LogP contribution in [-0.2, 0) is 9.53 Å². The molecule has 0 radical (unpaired) electrons. The fourth-order valence-corrected chi connectivity index (χ4v) is 2.33. The Morgan fingerprint density at radius 2 is 1.91 bits per heavy atom. The molecule has 1 aliphatic rings. The van der Waals surface area contributed by atoms with E-state index in [1.54, 1.807) is 24.3 Å². The average molecular weight is 362 g/mol. The summed E-state index contributed by atoms with van der Waals surface area (Å²) in [6, 6.07) is 6.28. The maximum absolute atomic E-state index is 12.0. The van der Waals surface area contributed by atoms with Gasteiger partial charge in [-0.15, -0.1) is 12.4 Å². The molecule has 1 fully saturated rings. The summed E-state index contributed by atoms with van der Waals surface area (Å²) in [5.74, 6) is -0.314. The maximum atomic E-state index is 12.0. The minimum Gasteiger partial charge on any atom is -0.375 e. The lowest BCUT2D eigenvalue weighted by Crippen LogP contribution is -2.56. The van der Waals surface area contributed by atoms with Gasteiger partial charge >= 0.3 is 0 Å². The summed E-state index contributed by atoms with van der Waals surface area (Å²) < 4.78 is 5.42. The Morgan fingerprint density at radius 1 is 1.26 bits per heavy atom. The lowest BCUT2D eigenvalue weighted by atomic mass is 10.1. The van der Waals surface area contributed by atoms with Crippen molar-refractivity contribution in [2.75, 3.05) is 26.2 Å². The molecule has 8 heteroatoms. The molecule has 128 valence electrons. The Kier molecular flexibility index (Phi) is 8.33. The third kappa shape index (κ3) is 5.99. The Labute approximate surface area is 146 Å². The quantitative estimate of drug-likeness (QED) is 0.683. The number of hydrogen-bond acceptors (Lipinski definition) is 4. The minimum atomic E-state index is -0.347. The van der Waals surface area contributed by atoms with E-state index in [-0.39, 0.29) is 36.4 Å². The summed E-state index contributed by atoms with van der Waals surface area (Å²) >= 11 is 5.77. The van der Waals surface area contributed by atoms with Crippen LogP contribution in [-0.4, -0.2) is 50.2 Å². The number of ether oxygens (including phenoxy) is 1. The van der Waals surface area contributed by atoms with E-state index in [2.05, 4.69) is 16.0 Å². The number of rotatable bonds is 5. The van der Waals surface area contributed by atoms with Gasteiger partial charge in [0.1, 0.15) is 6.04 Å². The van der Waals surface area contributed by atoms with E-state index < -0.39 is 0 Å². The van der Waals surface area contributed by atoms with Crippen molar-refractivity contribution in [3.63, 3.8) is 0 Å². The third-order valence-corrected chi connectivity index (χ3v) is 3.67.